The molecule has 0 aliphatic heterocycles. The third-order valence-corrected chi connectivity index (χ3v) is 2.97. The van der Waals surface area contributed by atoms with E-state index in [-0.39, 0.29) is 0 Å². The highest BCUT2D eigenvalue weighted by atomic mass is 35.5. The van der Waals surface area contributed by atoms with Crippen LogP contribution in [0, 0.1) is 11.6 Å². The number of hydrogen-bond acceptors (Lipinski definition) is 2. The maximum absolute atomic E-state index is 13.7. The molecular formula is C14H8ClF5N2. The lowest BCUT2D eigenvalue weighted by Gasteiger charge is -2.11. The summed E-state index contributed by atoms with van der Waals surface area (Å²) < 4.78 is 64.7. The third-order valence-electron chi connectivity index (χ3n) is 2.66. The van der Waals surface area contributed by atoms with Crippen LogP contribution >= 0.6 is 11.6 Å². The van der Waals surface area contributed by atoms with Crippen LogP contribution in [-0.4, -0.2) is 6.21 Å². The van der Waals surface area contributed by atoms with E-state index in [1.54, 1.807) is 30.3 Å². The highest BCUT2D eigenvalue weighted by molar-refractivity contribution is 6.33. The van der Waals surface area contributed by atoms with E-state index in [2.05, 4.69) is 10.5 Å². The summed E-state index contributed by atoms with van der Waals surface area (Å²) in [7, 11) is 0. The van der Waals surface area contributed by atoms with Gasteiger partial charge in [0.15, 0.2) is 11.6 Å². The largest absolute Gasteiger partial charge is 0.419 e. The van der Waals surface area contributed by atoms with Gasteiger partial charge in [0.05, 0.1) is 28.1 Å². The van der Waals surface area contributed by atoms with E-state index in [1.807, 2.05) is 0 Å². The zero-order valence-corrected chi connectivity index (χ0v) is 11.5. The summed E-state index contributed by atoms with van der Waals surface area (Å²) in [5.41, 5.74) is 0.735. The zero-order valence-electron chi connectivity index (χ0n) is 10.8. The van der Waals surface area contributed by atoms with Gasteiger partial charge in [-0.25, -0.2) is 8.78 Å². The van der Waals surface area contributed by atoms with Gasteiger partial charge in [0.1, 0.15) is 0 Å². The van der Waals surface area contributed by atoms with Crippen molar-refractivity contribution in [2.45, 2.75) is 6.18 Å². The van der Waals surface area contributed by atoms with Crippen molar-refractivity contribution in [1.82, 2.24) is 0 Å². The van der Waals surface area contributed by atoms with E-state index in [9.17, 15) is 22.0 Å². The average molecular weight is 335 g/mol. The van der Waals surface area contributed by atoms with Gasteiger partial charge in [-0.15, -0.1) is 0 Å². The molecule has 0 unspecified atom stereocenters. The van der Waals surface area contributed by atoms with Crippen molar-refractivity contribution < 1.29 is 22.0 Å². The Bertz CT molecular complexity index is 699. The minimum absolute atomic E-state index is 0.323. The van der Waals surface area contributed by atoms with E-state index >= 15 is 0 Å². The summed E-state index contributed by atoms with van der Waals surface area (Å²) in [6.07, 6.45) is -4.22. The summed E-state index contributed by atoms with van der Waals surface area (Å²) in [5.74, 6) is -3.73. The maximum Gasteiger partial charge on any atom is 0.419 e. The third kappa shape index (κ3) is 3.54. The first-order chi connectivity index (χ1) is 10.3. The van der Waals surface area contributed by atoms with Gasteiger partial charge in [-0.2, -0.15) is 18.3 Å². The number of halogens is 6. The molecule has 0 aliphatic rings. The number of nitrogens with one attached hydrogen (secondary N) is 1. The summed E-state index contributed by atoms with van der Waals surface area (Å²) in [6, 6.07) is 8.82. The van der Waals surface area contributed by atoms with Crippen molar-refractivity contribution in [2.75, 3.05) is 5.43 Å². The van der Waals surface area contributed by atoms with E-state index in [1.165, 1.54) is 0 Å². The van der Waals surface area contributed by atoms with Crippen molar-refractivity contribution in [2.24, 2.45) is 5.10 Å². The summed E-state index contributed by atoms with van der Waals surface area (Å²) in [4.78, 5) is 0. The number of hydrogen-bond donors (Lipinski definition) is 1. The molecule has 22 heavy (non-hydrogen) atoms. The maximum atomic E-state index is 13.7. The molecule has 0 aromatic heterocycles. The lowest BCUT2D eigenvalue weighted by molar-refractivity contribution is -0.140. The van der Waals surface area contributed by atoms with E-state index in [0.29, 0.717) is 11.8 Å². The normalized spacial score (nSPS) is 11.9. The van der Waals surface area contributed by atoms with Gasteiger partial charge in [0, 0.05) is 0 Å². The Labute approximate surface area is 127 Å². The van der Waals surface area contributed by atoms with Gasteiger partial charge in [-0.1, -0.05) is 29.8 Å². The summed E-state index contributed by atoms with van der Waals surface area (Å²) in [6.45, 7) is 0. The Hall–Kier alpha value is -2.15. The number of rotatable bonds is 3. The first-order valence-electron chi connectivity index (χ1n) is 5.89. The first-order valence-corrected chi connectivity index (χ1v) is 6.27. The summed E-state index contributed by atoms with van der Waals surface area (Å²) >= 11 is 5.57. The Balaban J connectivity index is 2.31. The minimum atomic E-state index is -5.04. The van der Waals surface area contributed by atoms with Crippen LogP contribution < -0.4 is 5.43 Å². The molecule has 0 saturated heterocycles. The van der Waals surface area contributed by atoms with E-state index in [4.69, 9.17) is 11.6 Å². The second-order valence-corrected chi connectivity index (χ2v) is 4.59. The summed E-state index contributed by atoms with van der Waals surface area (Å²) in [5, 5.41) is 3.03. The molecule has 0 heterocycles. The smallest absolute Gasteiger partial charge is 0.279 e. The molecule has 2 rings (SSSR count). The monoisotopic (exact) mass is 334 g/mol. The predicted octanol–water partition coefficient (Wildman–Crippen LogP) is 5.08. The van der Waals surface area contributed by atoms with Gasteiger partial charge in [-0.3, -0.25) is 5.43 Å². The van der Waals surface area contributed by atoms with Crippen molar-refractivity contribution in [1.29, 1.82) is 0 Å². The quantitative estimate of drug-likeness (QED) is 0.360. The van der Waals surface area contributed by atoms with Gasteiger partial charge < -0.3 is 0 Å². The van der Waals surface area contributed by atoms with Crippen LogP contribution in [0.2, 0.25) is 5.02 Å². The topological polar surface area (TPSA) is 24.4 Å². The second-order valence-electron chi connectivity index (χ2n) is 4.18. The Morgan fingerprint density at radius 3 is 2.27 bits per heavy atom. The van der Waals surface area contributed by atoms with Crippen molar-refractivity contribution in [3.05, 3.63) is 64.2 Å². The molecule has 0 atom stereocenters. The highest BCUT2D eigenvalue weighted by Gasteiger charge is 2.37. The van der Waals surface area contributed by atoms with E-state index < -0.39 is 34.0 Å². The van der Waals surface area contributed by atoms with Crippen LogP contribution in [0.15, 0.2) is 41.5 Å². The molecule has 2 nitrogen and oxygen atoms in total. The number of alkyl halides is 3. The first kappa shape index (κ1) is 16.2. The van der Waals surface area contributed by atoms with Crippen molar-refractivity contribution in [3.8, 4) is 0 Å². The molecule has 0 radical (unpaired) electrons. The Kier molecular flexibility index (Phi) is 4.65. The van der Waals surface area contributed by atoms with E-state index in [0.717, 1.165) is 6.21 Å². The van der Waals surface area contributed by atoms with Crippen LogP contribution in [-0.2, 0) is 6.18 Å². The molecule has 116 valence electrons. The second kappa shape index (κ2) is 6.31. The minimum Gasteiger partial charge on any atom is -0.279 e. The van der Waals surface area contributed by atoms with Crippen LogP contribution in [0.1, 0.15) is 11.1 Å². The fraction of sp³-hybridized carbons (Fsp3) is 0.0714. The van der Waals surface area contributed by atoms with Gasteiger partial charge >= 0.3 is 6.18 Å². The standard InChI is InChI=1S/C14H8ClF5N2/c15-11-6-10(14(18,19)20)13(17)12(16)9(11)7-21-22-8-4-2-1-3-5-8/h1-7,22H. The zero-order chi connectivity index (χ0) is 16.3. The molecule has 0 amide bonds. The molecule has 0 spiro atoms. The predicted molar refractivity (Wildman–Crippen MR) is 74.0 cm³/mol. The van der Waals surface area contributed by atoms with Crippen LogP contribution in [0.5, 0.6) is 0 Å². The van der Waals surface area contributed by atoms with Crippen LogP contribution in [0.25, 0.3) is 0 Å². The molecule has 8 heteroatoms. The number of benzene rings is 2. The van der Waals surface area contributed by atoms with Gasteiger partial charge in [0.2, 0.25) is 0 Å². The number of nitrogens with zero attached hydrogens (tertiary/aromatic N) is 1. The highest BCUT2D eigenvalue weighted by Crippen LogP contribution is 2.35. The Morgan fingerprint density at radius 1 is 1.05 bits per heavy atom. The Morgan fingerprint density at radius 2 is 1.68 bits per heavy atom. The van der Waals surface area contributed by atoms with Crippen LogP contribution in [0.3, 0.4) is 0 Å². The van der Waals surface area contributed by atoms with Gasteiger partial charge in [-0.05, 0) is 18.2 Å². The molecule has 0 bridgehead atoms. The molecule has 0 saturated carbocycles. The van der Waals surface area contributed by atoms with Crippen molar-refractivity contribution in [3.63, 3.8) is 0 Å². The molecule has 2 aromatic carbocycles. The molecule has 0 fully saturated rings. The number of anilines is 1. The number of hydrazone groups is 1. The van der Waals surface area contributed by atoms with Crippen molar-refractivity contribution >= 4 is 23.5 Å². The molecule has 0 aliphatic carbocycles. The fourth-order valence-corrected chi connectivity index (χ4v) is 1.86. The lowest BCUT2D eigenvalue weighted by Crippen LogP contribution is -2.11. The lowest BCUT2D eigenvalue weighted by atomic mass is 10.1. The molecular weight excluding hydrogens is 327 g/mol. The number of para-hydroxylation sites is 1. The van der Waals surface area contributed by atoms with Crippen LogP contribution in [0.4, 0.5) is 27.6 Å². The van der Waals surface area contributed by atoms with Gasteiger partial charge in [0.25, 0.3) is 0 Å². The molecule has 1 N–H and O–H groups in total. The average Bonchev–Trinajstić information content (AvgIpc) is 2.46. The SMILES string of the molecule is Fc1c(C(F)(F)F)cc(Cl)c(C=NNc2ccccc2)c1F. The fourth-order valence-electron chi connectivity index (χ4n) is 1.62. The molecule has 2 aromatic rings.